The zero-order chi connectivity index (χ0) is 17.0. The largest absolute Gasteiger partial charge is 0.453 e. The molecule has 1 fully saturated rings. The first-order chi connectivity index (χ1) is 10.1. The normalized spacial score (nSPS) is 23.3. The van der Waals surface area contributed by atoms with Gasteiger partial charge in [-0.2, -0.15) is 0 Å². The lowest BCUT2D eigenvalue weighted by Crippen LogP contribution is -2.53. The number of hydrogen-bond acceptors (Lipinski definition) is 3. The molecular formula is C17H33NO3Si. The van der Waals surface area contributed by atoms with Crippen LogP contribution in [0.5, 0.6) is 0 Å². The number of piperidine rings is 1. The smallest absolute Gasteiger partial charge is 0.410 e. The van der Waals surface area contributed by atoms with Crippen LogP contribution >= 0.6 is 0 Å². The van der Waals surface area contributed by atoms with Crippen molar-refractivity contribution < 1.29 is 14.0 Å². The minimum Gasteiger partial charge on any atom is -0.453 e. The van der Waals surface area contributed by atoms with E-state index in [9.17, 15) is 4.79 Å². The Bertz CT molecular complexity index is 390. The molecule has 0 aromatic rings. The summed E-state index contributed by atoms with van der Waals surface area (Å²) in [6.07, 6.45) is 5.58. The highest BCUT2D eigenvalue weighted by Crippen LogP contribution is 2.37. The zero-order valence-corrected chi connectivity index (χ0v) is 16.1. The first-order valence-corrected chi connectivity index (χ1v) is 11.2. The van der Waals surface area contributed by atoms with Gasteiger partial charge in [0.25, 0.3) is 0 Å². The molecule has 0 aliphatic carbocycles. The van der Waals surface area contributed by atoms with Gasteiger partial charge in [0.15, 0.2) is 8.32 Å². The molecule has 1 aliphatic rings. The summed E-state index contributed by atoms with van der Waals surface area (Å²) in [5.74, 6) is 0. The van der Waals surface area contributed by atoms with Crippen molar-refractivity contribution in [2.45, 2.75) is 76.7 Å². The van der Waals surface area contributed by atoms with Crippen molar-refractivity contribution in [1.82, 2.24) is 4.90 Å². The van der Waals surface area contributed by atoms with E-state index in [0.717, 1.165) is 25.7 Å². The lowest BCUT2D eigenvalue weighted by atomic mass is 9.94. The van der Waals surface area contributed by atoms with Gasteiger partial charge in [-0.3, -0.25) is 4.90 Å². The predicted molar refractivity (Wildman–Crippen MR) is 93.6 cm³/mol. The van der Waals surface area contributed by atoms with E-state index in [2.05, 4.69) is 40.4 Å². The van der Waals surface area contributed by atoms with Crippen molar-refractivity contribution >= 4 is 14.4 Å². The first-order valence-electron chi connectivity index (χ1n) is 8.25. The number of carbonyl (C=O) groups is 1. The molecule has 1 saturated heterocycles. The van der Waals surface area contributed by atoms with Crippen molar-refractivity contribution in [1.29, 1.82) is 0 Å². The second-order valence-corrected chi connectivity index (χ2v) is 12.5. The maximum absolute atomic E-state index is 12.2. The summed E-state index contributed by atoms with van der Waals surface area (Å²) in [5.41, 5.74) is 0. The SMILES string of the molecule is C=CC[C@H]1CCC[C@@H](CO[Si](C)(C)C(C)(C)C)N1C(=O)OC. The number of likely N-dealkylation sites (tertiary alicyclic amines) is 1. The first kappa shape index (κ1) is 19.2. The third-order valence-corrected chi connectivity index (χ3v) is 9.63. The predicted octanol–water partition coefficient (Wildman–Crippen LogP) is 4.57. The summed E-state index contributed by atoms with van der Waals surface area (Å²) in [6.45, 7) is 15.6. The lowest BCUT2D eigenvalue weighted by Gasteiger charge is -2.43. The molecule has 0 unspecified atom stereocenters. The molecule has 0 saturated carbocycles. The molecule has 128 valence electrons. The van der Waals surface area contributed by atoms with Gasteiger partial charge in [0.2, 0.25) is 0 Å². The number of methoxy groups -OCH3 is 1. The van der Waals surface area contributed by atoms with Crippen LogP contribution in [0.15, 0.2) is 12.7 Å². The van der Waals surface area contributed by atoms with Gasteiger partial charge in [0, 0.05) is 6.04 Å². The standard InChI is InChI=1S/C17H33NO3Si/c1-8-10-14-11-9-12-15(18(14)16(19)20-5)13-21-22(6,7)17(2,3)4/h8,14-15H,1,9-13H2,2-7H3/t14-,15-/m0/s1. The topological polar surface area (TPSA) is 38.8 Å². The minimum absolute atomic E-state index is 0.111. The average molecular weight is 328 g/mol. The summed E-state index contributed by atoms with van der Waals surface area (Å²) in [5, 5.41) is 0.179. The number of carbonyl (C=O) groups excluding carboxylic acids is 1. The van der Waals surface area contributed by atoms with Gasteiger partial charge >= 0.3 is 6.09 Å². The van der Waals surface area contributed by atoms with E-state index >= 15 is 0 Å². The Morgan fingerprint density at radius 1 is 1.32 bits per heavy atom. The zero-order valence-electron chi connectivity index (χ0n) is 15.1. The fraction of sp³-hybridized carbons (Fsp3) is 0.824. The summed E-state index contributed by atoms with van der Waals surface area (Å²) in [6, 6.07) is 0.298. The third kappa shape index (κ3) is 4.59. The van der Waals surface area contributed by atoms with E-state index in [1.807, 2.05) is 11.0 Å². The summed E-state index contributed by atoms with van der Waals surface area (Å²) in [4.78, 5) is 14.1. The van der Waals surface area contributed by atoms with E-state index in [-0.39, 0.29) is 23.2 Å². The molecule has 5 heteroatoms. The van der Waals surface area contributed by atoms with Gasteiger partial charge in [0.1, 0.15) is 0 Å². The molecule has 2 atom stereocenters. The van der Waals surface area contributed by atoms with Gasteiger partial charge in [-0.25, -0.2) is 4.79 Å². The number of amides is 1. The van der Waals surface area contributed by atoms with Crippen molar-refractivity contribution in [2.24, 2.45) is 0 Å². The number of ether oxygens (including phenoxy) is 1. The van der Waals surface area contributed by atoms with Crippen molar-refractivity contribution in [3.8, 4) is 0 Å². The van der Waals surface area contributed by atoms with Gasteiger partial charge in [0.05, 0.1) is 19.8 Å². The van der Waals surface area contributed by atoms with Crippen LogP contribution < -0.4 is 0 Å². The second kappa shape index (κ2) is 7.64. The molecule has 1 aliphatic heterocycles. The highest BCUT2D eigenvalue weighted by molar-refractivity contribution is 6.74. The third-order valence-electron chi connectivity index (χ3n) is 5.13. The van der Waals surface area contributed by atoms with E-state index in [1.54, 1.807) is 0 Å². The van der Waals surface area contributed by atoms with E-state index in [1.165, 1.54) is 7.11 Å². The number of nitrogens with zero attached hydrogens (tertiary/aromatic N) is 1. The minimum atomic E-state index is -1.80. The molecule has 0 N–H and O–H groups in total. The summed E-state index contributed by atoms with van der Waals surface area (Å²) in [7, 11) is -0.351. The Hall–Kier alpha value is -0.813. The van der Waals surface area contributed by atoms with Gasteiger partial charge in [-0.1, -0.05) is 26.8 Å². The van der Waals surface area contributed by atoms with Crippen LogP contribution in [0.2, 0.25) is 18.1 Å². The highest BCUT2D eigenvalue weighted by atomic mass is 28.4. The Balaban J connectivity index is 2.81. The molecule has 0 aromatic heterocycles. The van der Waals surface area contributed by atoms with Crippen LogP contribution in [-0.4, -0.2) is 45.1 Å². The molecule has 0 spiro atoms. The monoisotopic (exact) mass is 327 g/mol. The van der Waals surface area contributed by atoms with E-state index in [0.29, 0.717) is 6.61 Å². The number of rotatable bonds is 5. The van der Waals surface area contributed by atoms with Crippen molar-refractivity contribution in [2.75, 3.05) is 13.7 Å². The maximum atomic E-state index is 12.2. The van der Waals surface area contributed by atoms with Crippen LogP contribution in [0.1, 0.15) is 46.5 Å². The molecule has 1 amide bonds. The fourth-order valence-corrected chi connectivity index (χ4v) is 3.72. The average Bonchev–Trinajstić information content (AvgIpc) is 2.43. The molecule has 4 nitrogen and oxygen atoms in total. The van der Waals surface area contributed by atoms with Crippen LogP contribution in [-0.2, 0) is 9.16 Å². The van der Waals surface area contributed by atoms with Crippen LogP contribution in [0.3, 0.4) is 0 Å². The molecular weight excluding hydrogens is 294 g/mol. The van der Waals surface area contributed by atoms with Crippen LogP contribution in [0.4, 0.5) is 4.79 Å². The van der Waals surface area contributed by atoms with E-state index in [4.69, 9.17) is 9.16 Å². The Morgan fingerprint density at radius 3 is 2.41 bits per heavy atom. The lowest BCUT2D eigenvalue weighted by molar-refractivity contribution is 0.0386. The van der Waals surface area contributed by atoms with Gasteiger partial charge in [-0.05, 0) is 43.8 Å². The Labute approximate surface area is 137 Å². The molecule has 1 heterocycles. The Kier molecular flexibility index (Phi) is 6.68. The quantitative estimate of drug-likeness (QED) is 0.548. The molecule has 22 heavy (non-hydrogen) atoms. The van der Waals surface area contributed by atoms with E-state index < -0.39 is 8.32 Å². The van der Waals surface area contributed by atoms with Crippen molar-refractivity contribution in [3.05, 3.63) is 12.7 Å². The van der Waals surface area contributed by atoms with Gasteiger partial charge in [-0.15, -0.1) is 6.58 Å². The molecule has 0 aromatic carbocycles. The number of hydrogen-bond donors (Lipinski definition) is 0. The molecule has 0 bridgehead atoms. The van der Waals surface area contributed by atoms with Crippen molar-refractivity contribution in [3.63, 3.8) is 0 Å². The Morgan fingerprint density at radius 2 is 1.91 bits per heavy atom. The van der Waals surface area contributed by atoms with Crippen LogP contribution in [0, 0.1) is 0 Å². The second-order valence-electron chi connectivity index (χ2n) is 7.71. The molecule has 1 rings (SSSR count). The van der Waals surface area contributed by atoms with Gasteiger partial charge < -0.3 is 9.16 Å². The summed E-state index contributed by atoms with van der Waals surface area (Å²) >= 11 is 0. The summed E-state index contributed by atoms with van der Waals surface area (Å²) < 4.78 is 11.4. The molecule has 0 radical (unpaired) electrons. The highest BCUT2D eigenvalue weighted by Gasteiger charge is 2.40. The fourth-order valence-electron chi connectivity index (χ4n) is 2.68. The van der Waals surface area contributed by atoms with Crippen LogP contribution in [0.25, 0.3) is 0 Å². The maximum Gasteiger partial charge on any atom is 0.410 e.